The Labute approximate surface area is 372 Å². The smallest absolute Gasteiger partial charge is 0.312 e. The molecular weight excluding hydrogens is 829 g/mol. The molecule has 19 nitrogen and oxygen atoms in total. The lowest BCUT2D eigenvalue weighted by Crippen LogP contribution is -2.53. The lowest BCUT2D eigenvalue weighted by atomic mass is 9.97. The molecule has 2 heterocycles. The number of carbonyl (C=O) groups excluding carboxylic acids is 10. The maximum atomic E-state index is 14.0. The van der Waals surface area contributed by atoms with E-state index >= 15 is 0 Å². The minimum Gasteiger partial charge on any atom is -0.460 e. The first-order chi connectivity index (χ1) is 30.2. The molecule has 0 aromatic heterocycles. The van der Waals surface area contributed by atoms with Crippen LogP contribution in [0.15, 0.2) is 54.6 Å². The quantitative estimate of drug-likeness (QED) is 0.0647. The summed E-state index contributed by atoms with van der Waals surface area (Å²) in [5.74, 6) is -5.35. The predicted octanol–water partition coefficient (Wildman–Crippen LogP) is 1.77. The molecule has 0 saturated carbocycles. The number of hydrogen-bond acceptors (Lipinski definition) is 11. The second-order valence-electron chi connectivity index (χ2n) is 17.2. The highest BCUT2D eigenvalue weighted by atomic mass is 16.5. The number of benzene rings is 2. The molecule has 346 valence electrons. The van der Waals surface area contributed by atoms with E-state index in [1.54, 1.807) is 89.2 Å². The summed E-state index contributed by atoms with van der Waals surface area (Å²) in [4.78, 5) is 132. The van der Waals surface area contributed by atoms with Crippen molar-refractivity contribution < 1.29 is 52.7 Å². The number of rotatable bonds is 22. The highest BCUT2D eigenvalue weighted by molar-refractivity contribution is 6.04. The minimum absolute atomic E-state index is 0.0178. The van der Waals surface area contributed by atoms with E-state index in [1.807, 2.05) is 0 Å². The number of nitrogens with zero attached hydrogens (tertiary/aromatic N) is 3. The van der Waals surface area contributed by atoms with Crippen molar-refractivity contribution in [2.45, 2.75) is 98.3 Å². The normalized spacial score (nSPS) is 17.1. The number of anilines is 1. The maximum Gasteiger partial charge on any atom is 0.312 e. The van der Waals surface area contributed by atoms with Crippen molar-refractivity contribution >= 4 is 64.9 Å². The number of urea groups is 1. The van der Waals surface area contributed by atoms with Gasteiger partial charge >= 0.3 is 12.0 Å². The Morgan fingerprint density at radius 1 is 0.766 bits per heavy atom. The van der Waals surface area contributed by atoms with Crippen LogP contribution in [0.1, 0.15) is 84.3 Å². The Bertz CT molecular complexity index is 2010. The minimum atomic E-state index is -1.21. The molecule has 10 amide bonds. The van der Waals surface area contributed by atoms with Crippen LogP contribution in [0, 0.1) is 17.3 Å². The maximum absolute atomic E-state index is 14.0. The van der Waals surface area contributed by atoms with Gasteiger partial charge in [0.2, 0.25) is 47.3 Å². The van der Waals surface area contributed by atoms with Gasteiger partial charge in [-0.25, -0.2) is 4.79 Å². The third-order valence-electron chi connectivity index (χ3n) is 10.8. The Morgan fingerprint density at radius 3 is 1.86 bits per heavy atom. The highest BCUT2D eigenvalue weighted by Crippen LogP contribution is 2.21. The molecule has 19 heteroatoms. The lowest BCUT2D eigenvalue weighted by Gasteiger charge is -2.27. The fraction of sp³-hybridized carbons (Fsp3) is 0.511. The molecule has 0 aliphatic carbocycles. The number of ether oxygens (including phenoxy) is 1. The van der Waals surface area contributed by atoms with Crippen molar-refractivity contribution in [1.29, 1.82) is 0 Å². The van der Waals surface area contributed by atoms with E-state index < -0.39 is 59.0 Å². The van der Waals surface area contributed by atoms with Gasteiger partial charge in [-0.15, -0.1) is 0 Å². The Hall–Kier alpha value is -6.66. The van der Waals surface area contributed by atoms with Crippen molar-refractivity contribution in [2.75, 3.05) is 38.0 Å². The Balaban J connectivity index is 1.45. The molecule has 2 fully saturated rings. The molecule has 0 bridgehead atoms. The van der Waals surface area contributed by atoms with Crippen LogP contribution in [0.4, 0.5) is 10.5 Å². The van der Waals surface area contributed by atoms with Gasteiger partial charge in [0.1, 0.15) is 18.7 Å². The van der Waals surface area contributed by atoms with Crippen LogP contribution in [0.25, 0.3) is 0 Å². The first-order valence-electron chi connectivity index (χ1n) is 21.4. The largest absolute Gasteiger partial charge is 0.460 e. The molecule has 6 N–H and O–H groups in total. The van der Waals surface area contributed by atoms with Crippen LogP contribution in [0.2, 0.25) is 0 Å². The molecule has 2 aliphatic rings. The van der Waals surface area contributed by atoms with Gasteiger partial charge in [-0.1, -0.05) is 56.3 Å². The molecule has 2 aliphatic heterocycles. The Morgan fingerprint density at radius 2 is 1.34 bits per heavy atom. The standard InChI is InChI=1S/C45H60N8O11/c1-28-24-37(56)52(41(28)60)22-20-51(21-23-53-38(57)25-29(2)42(53)61)36(55)18-17-35(54)49-34(26-30-10-7-6-8-11-30)40(59)50-33(12-9-19-47-44(46)63)39(58)48-32-15-13-31(14-16-32)27-64-43(62)45(3,4)5/h6-8,10-11,13-16,28-29,33-34H,9,12,17-27H2,1-5H3,(H,48,58)(H,49,54)(H,50,59)(H3,46,47,63)/t28?,29?,33-,34?/m0/s1. The van der Waals surface area contributed by atoms with Crippen LogP contribution in [-0.4, -0.2) is 119 Å². The topological polar surface area (TPSA) is 264 Å². The molecule has 0 radical (unpaired) electrons. The number of nitrogens with one attached hydrogen (secondary N) is 4. The van der Waals surface area contributed by atoms with Crippen LogP contribution < -0.4 is 27.0 Å². The third kappa shape index (κ3) is 15.0. The SMILES string of the molecule is CC1CC(=O)N(CCN(CCN2C(=O)CC(C)C2=O)C(=O)CCC(=O)NC(Cc2ccccc2)C(=O)N[C@@H](CCCNC(N)=O)C(=O)Nc2ccc(COC(=O)C(C)(C)C)cc2)C1=O. The number of hydrogen-bond donors (Lipinski definition) is 5. The van der Waals surface area contributed by atoms with Crippen molar-refractivity contribution in [2.24, 2.45) is 23.0 Å². The zero-order valence-corrected chi connectivity index (χ0v) is 37.1. The summed E-state index contributed by atoms with van der Waals surface area (Å²) in [5, 5.41) is 10.7. The van der Waals surface area contributed by atoms with Gasteiger partial charge in [-0.3, -0.25) is 53.0 Å². The first-order valence-corrected chi connectivity index (χ1v) is 21.4. The number of carbonyl (C=O) groups is 10. The summed E-state index contributed by atoms with van der Waals surface area (Å²) in [6, 6.07) is 12.3. The number of amides is 10. The molecule has 4 rings (SSSR count). The van der Waals surface area contributed by atoms with Gasteiger partial charge in [-0.2, -0.15) is 0 Å². The van der Waals surface area contributed by atoms with E-state index in [9.17, 15) is 47.9 Å². The second-order valence-corrected chi connectivity index (χ2v) is 17.2. The van der Waals surface area contributed by atoms with Crippen molar-refractivity contribution in [3.05, 3.63) is 65.7 Å². The summed E-state index contributed by atoms with van der Waals surface area (Å²) in [6.07, 6.45) is -0.308. The molecular formula is C45H60N8O11. The van der Waals surface area contributed by atoms with Crippen LogP contribution in [-0.2, 0) is 60.9 Å². The summed E-state index contributed by atoms with van der Waals surface area (Å²) in [5.41, 5.74) is 6.29. The predicted molar refractivity (Wildman–Crippen MR) is 232 cm³/mol. The summed E-state index contributed by atoms with van der Waals surface area (Å²) in [6.45, 7) is 8.24. The monoisotopic (exact) mass is 888 g/mol. The third-order valence-corrected chi connectivity index (χ3v) is 10.8. The van der Waals surface area contributed by atoms with E-state index in [0.717, 1.165) is 9.80 Å². The van der Waals surface area contributed by atoms with Gasteiger partial charge in [-0.05, 0) is 56.9 Å². The van der Waals surface area contributed by atoms with Gasteiger partial charge < -0.3 is 36.6 Å². The van der Waals surface area contributed by atoms with Crippen LogP contribution >= 0.6 is 0 Å². The van der Waals surface area contributed by atoms with Gasteiger partial charge in [0.05, 0.1) is 5.41 Å². The average molecular weight is 889 g/mol. The van der Waals surface area contributed by atoms with Gasteiger partial charge in [0.15, 0.2) is 0 Å². The molecule has 0 spiro atoms. The second kappa shape index (κ2) is 23.1. The van der Waals surface area contributed by atoms with Crippen molar-refractivity contribution in [1.82, 2.24) is 30.7 Å². The van der Waals surface area contributed by atoms with E-state index in [2.05, 4.69) is 21.3 Å². The van der Waals surface area contributed by atoms with E-state index in [-0.39, 0.29) is 114 Å². The molecule has 4 atom stereocenters. The van der Waals surface area contributed by atoms with Crippen molar-refractivity contribution in [3.8, 4) is 0 Å². The van der Waals surface area contributed by atoms with E-state index in [1.165, 1.54) is 4.90 Å². The number of esters is 1. The Kier molecular flexibility index (Phi) is 18.1. The van der Waals surface area contributed by atoms with E-state index in [0.29, 0.717) is 16.8 Å². The van der Waals surface area contributed by atoms with Crippen LogP contribution in [0.5, 0.6) is 0 Å². The number of likely N-dealkylation sites (tertiary alicyclic amines) is 2. The summed E-state index contributed by atoms with van der Waals surface area (Å²) < 4.78 is 5.36. The zero-order chi connectivity index (χ0) is 47.1. The van der Waals surface area contributed by atoms with Crippen LogP contribution in [0.3, 0.4) is 0 Å². The molecule has 2 aromatic rings. The molecule has 3 unspecified atom stereocenters. The fourth-order valence-electron chi connectivity index (χ4n) is 7.01. The number of nitrogens with two attached hydrogens (primary N) is 1. The molecule has 2 saturated heterocycles. The summed E-state index contributed by atoms with van der Waals surface area (Å²) in [7, 11) is 0. The average Bonchev–Trinajstić information content (AvgIpc) is 3.64. The number of primary amides is 1. The summed E-state index contributed by atoms with van der Waals surface area (Å²) >= 11 is 0. The fourth-order valence-corrected chi connectivity index (χ4v) is 7.01. The molecule has 64 heavy (non-hydrogen) atoms. The molecule has 2 aromatic carbocycles. The van der Waals surface area contributed by atoms with E-state index in [4.69, 9.17) is 10.5 Å². The lowest BCUT2D eigenvalue weighted by molar-refractivity contribution is -0.154. The van der Waals surface area contributed by atoms with Gasteiger partial charge in [0.25, 0.3) is 0 Å². The highest BCUT2D eigenvalue weighted by Gasteiger charge is 2.38. The van der Waals surface area contributed by atoms with Gasteiger partial charge in [0, 0.05) is 82.4 Å². The first kappa shape index (κ1) is 50.0. The zero-order valence-electron chi connectivity index (χ0n) is 37.1. The van der Waals surface area contributed by atoms with Crippen molar-refractivity contribution in [3.63, 3.8) is 0 Å². The number of imide groups is 2.